The molecule has 0 heterocycles. The van der Waals surface area contributed by atoms with E-state index in [2.05, 4.69) is 33.2 Å². The van der Waals surface area contributed by atoms with Crippen molar-refractivity contribution in [2.24, 2.45) is 3.79 Å². The van der Waals surface area contributed by atoms with E-state index in [0.29, 0.717) is 0 Å². The Kier molecular flexibility index (Phi) is 27.3. The third-order valence-corrected chi connectivity index (χ3v) is 0.586. The van der Waals surface area contributed by atoms with E-state index in [1.54, 1.807) is 7.05 Å². The number of nitrogens with zero attached hydrogens (tertiary/aromatic N) is 1. The molecule has 0 N–H and O–H groups in total. The van der Waals surface area contributed by atoms with Crippen LogP contribution in [0.2, 0.25) is 0 Å². The maximum Gasteiger partial charge on any atom is -0.109 e. The summed E-state index contributed by atoms with van der Waals surface area (Å²) >= 11 is 2.09. The SMILES string of the molecule is C[N]=[V].Cl.Cl.[C-]1=CC=CC1. The molecular weight excluding hydrogens is 208 g/mol. The van der Waals surface area contributed by atoms with Crippen molar-refractivity contribution in [3.05, 3.63) is 24.3 Å². The second kappa shape index (κ2) is 16.2. The van der Waals surface area contributed by atoms with Crippen molar-refractivity contribution in [3.63, 3.8) is 0 Å². The Balaban J connectivity index is -0.0000000900. The summed E-state index contributed by atoms with van der Waals surface area (Å²) < 4.78 is 3.44. The van der Waals surface area contributed by atoms with Gasteiger partial charge in [0.25, 0.3) is 0 Å². The Morgan fingerprint density at radius 2 is 2.00 bits per heavy atom. The van der Waals surface area contributed by atoms with Crippen LogP contribution in [0.5, 0.6) is 0 Å². The van der Waals surface area contributed by atoms with Crippen LogP contribution in [0.15, 0.2) is 22.0 Å². The summed E-state index contributed by atoms with van der Waals surface area (Å²) in [6.45, 7) is 0. The van der Waals surface area contributed by atoms with E-state index in [1.807, 2.05) is 12.2 Å². The van der Waals surface area contributed by atoms with Gasteiger partial charge in [0.05, 0.1) is 0 Å². The second-order valence-corrected chi connectivity index (χ2v) is 1.83. The third-order valence-electron chi connectivity index (χ3n) is 0.586. The van der Waals surface area contributed by atoms with Gasteiger partial charge in [-0.25, -0.2) is 12.2 Å². The number of rotatable bonds is 0. The summed E-state index contributed by atoms with van der Waals surface area (Å²) in [4.78, 5) is 0. The summed E-state index contributed by atoms with van der Waals surface area (Å²) in [6, 6.07) is 0. The van der Waals surface area contributed by atoms with Crippen LogP contribution in [0.1, 0.15) is 6.42 Å². The molecule has 1 aliphatic carbocycles. The minimum absolute atomic E-state index is 0. The molecule has 0 atom stereocenters. The Hall–Kier alpha value is 0.444. The third kappa shape index (κ3) is 15.8. The molecule has 1 nitrogen and oxygen atoms in total. The van der Waals surface area contributed by atoms with E-state index in [4.69, 9.17) is 0 Å². The van der Waals surface area contributed by atoms with E-state index in [1.165, 1.54) is 0 Å². The largest absolute Gasteiger partial charge is 0.273 e. The van der Waals surface area contributed by atoms with Gasteiger partial charge in [-0.2, -0.15) is 6.08 Å². The first kappa shape index (κ1) is 16.8. The maximum absolute atomic E-state index is 3.44. The molecule has 1 rings (SSSR count). The first-order chi connectivity index (χ1) is 3.91. The molecule has 0 amide bonds. The van der Waals surface area contributed by atoms with E-state index >= 15 is 0 Å². The van der Waals surface area contributed by atoms with Gasteiger partial charge in [0.1, 0.15) is 0 Å². The minimum atomic E-state index is 0. The topological polar surface area (TPSA) is 12.4 Å². The smallest absolute Gasteiger partial charge is 0.109 e. The summed E-state index contributed by atoms with van der Waals surface area (Å²) in [5.74, 6) is 0. The Bertz CT molecular complexity index is 102. The molecule has 10 heavy (non-hydrogen) atoms. The molecule has 59 valence electrons. The van der Waals surface area contributed by atoms with Crippen LogP contribution in [-0.4, -0.2) is 7.05 Å². The molecule has 0 aromatic heterocycles. The van der Waals surface area contributed by atoms with Crippen LogP contribution >= 0.6 is 24.8 Å². The van der Waals surface area contributed by atoms with Crippen LogP contribution in [0.4, 0.5) is 0 Å². The van der Waals surface area contributed by atoms with E-state index in [-0.39, 0.29) is 24.8 Å². The summed E-state index contributed by atoms with van der Waals surface area (Å²) in [5.41, 5.74) is 0. The maximum atomic E-state index is 3.44. The van der Waals surface area contributed by atoms with Crippen LogP contribution in [-0.2, 0) is 17.2 Å². The van der Waals surface area contributed by atoms with Gasteiger partial charge in [-0.1, -0.05) is 0 Å². The molecule has 0 spiro atoms. The zero-order valence-corrected chi connectivity index (χ0v) is 8.68. The molecular formula is C6H10Cl2NV-. The van der Waals surface area contributed by atoms with Gasteiger partial charge in [0.2, 0.25) is 0 Å². The predicted molar refractivity (Wildman–Crippen MR) is 44.4 cm³/mol. The predicted octanol–water partition coefficient (Wildman–Crippen LogP) is 2.50. The molecule has 0 bridgehead atoms. The Labute approximate surface area is 83.6 Å². The van der Waals surface area contributed by atoms with E-state index < -0.39 is 0 Å². The molecule has 0 aromatic carbocycles. The fraction of sp³-hybridized carbons (Fsp3) is 0.333. The van der Waals surface area contributed by atoms with Crippen molar-refractivity contribution in [2.75, 3.05) is 7.05 Å². The zero-order chi connectivity index (χ0) is 6.24. The van der Waals surface area contributed by atoms with Crippen LogP contribution in [0.25, 0.3) is 0 Å². The standard InChI is InChI=1S/C5H5.CH3N.2ClH.V/c1-2-4-5-3-1;1-2;;;/h1-3H,4H2;1H3;2*1H;/q-1;;;;. The van der Waals surface area contributed by atoms with Gasteiger partial charge in [-0.15, -0.1) is 31.2 Å². The van der Waals surface area contributed by atoms with Crippen molar-refractivity contribution in [2.45, 2.75) is 6.42 Å². The monoisotopic (exact) mass is 217 g/mol. The molecule has 0 unspecified atom stereocenters. The first-order valence-corrected chi connectivity index (χ1v) is 2.99. The van der Waals surface area contributed by atoms with Crippen LogP contribution in [0.3, 0.4) is 0 Å². The van der Waals surface area contributed by atoms with Crippen molar-refractivity contribution >= 4 is 24.8 Å². The average Bonchev–Trinajstić information content (AvgIpc) is 2.17. The Morgan fingerprint density at radius 3 is 2.10 bits per heavy atom. The summed E-state index contributed by atoms with van der Waals surface area (Å²) in [5, 5.41) is 0. The minimum Gasteiger partial charge on any atom is -0.273 e. The first-order valence-electron chi connectivity index (χ1n) is 2.36. The quantitative estimate of drug-likeness (QED) is 0.554. The molecule has 4 heteroatoms. The number of allylic oxidation sites excluding steroid dienone is 4. The summed E-state index contributed by atoms with van der Waals surface area (Å²) in [7, 11) is 1.72. The van der Waals surface area contributed by atoms with Crippen molar-refractivity contribution in [3.8, 4) is 0 Å². The average molecular weight is 218 g/mol. The fourth-order valence-electron chi connectivity index (χ4n) is 0.340. The van der Waals surface area contributed by atoms with Crippen molar-refractivity contribution < 1.29 is 17.2 Å². The zero-order valence-electron chi connectivity index (χ0n) is 5.65. The van der Waals surface area contributed by atoms with Crippen molar-refractivity contribution in [1.82, 2.24) is 0 Å². The van der Waals surface area contributed by atoms with Gasteiger partial charge >= 0.3 is 28.1 Å². The molecule has 0 saturated carbocycles. The van der Waals surface area contributed by atoms with Gasteiger partial charge < -0.3 is 0 Å². The molecule has 0 saturated heterocycles. The Morgan fingerprint density at radius 1 is 1.50 bits per heavy atom. The number of hydrogen-bond acceptors (Lipinski definition) is 1. The molecule has 0 aromatic rings. The van der Waals surface area contributed by atoms with Gasteiger partial charge in [0.15, 0.2) is 0 Å². The van der Waals surface area contributed by atoms with Crippen LogP contribution in [0, 0.1) is 6.08 Å². The van der Waals surface area contributed by atoms with Gasteiger partial charge in [-0.3, -0.25) is 6.08 Å². The number of halogens is 2. The summed E-state index contributed by atoms with van der Waals surface area (Å²) in [6.07, 6.45) is 10.0. The van der Waals surface area contributed by atoms with Gasteiger partial charge in [-0.05, 0) is 0 Å². The van der Waals surface area contributed by atoms with E-state index in [0.717, 1.165) is 6.42 Å². The number of hydrogen-bond donors (Lipinski definition) is 0. The molecule has 0 aliphatic heterocycles. The van der Waals surface area contributed by atoms with Gasteiger partial charge in [0, 0.05) is 0 Å². The van der Waals surface area contributed by atoms with E-state index in [9.17, 15) is 0 Å². The van der Waals surface area contributed by atoms with Crippen LogP contribution < -0.4 is 0 Å². The van der Waals surface area contributed by atoms with Crippen molar-refractivity contribution in [1.29, 1.82) is 0 Å². The normalized spacial score (nSPS) is 10.0. The molecule has 1 aliphatic rings. The second-order valence-electron chi connectivity index (χ2n) is 1.20. The fourth-order valence-corrected chi connectivity index (χ4v) is 0.340. The molecule has 0 radical (unpaired) electrons. The molecule has 0 fully saturated rings.